The number of hydrogen-bond acceptors (Lipinski definition) is 4. The SMILES string of the molecule is COc1cccc(-n2nc(C(=O)O)c(C(=O)O)c2-c2ccccc2)c1. The Morgan fingerprint density at radius 2 is 1.72 bits per heavy atom. The molecule has 2 N–H and O–H groups in total. The molecule has 0 atom stereocenters. The van der Waals surface area contributed by atoms with Gasteiger partial charge in [0.2, 0.25) is 0 Å². The van der Waals surface area contributed by atoms with Gasteiger partial charge < -0.3 is 14.9 Å². The maximum Gasteiger partial charge on any atom is 0.357 e. The van der Waals surface area contributed by atoms with E-state index in [0.29, 0.717) is 17.0 Å². The summed E-state index contributed by atoms with van der Waals surface area (Å²) in [5, 5.41) is 23.0. The fourth-order valence-corrected chi connectivity index (χ4v) is 2.56. The van der Waals surface area contributed by atoms with Gasteiger partial charge in [-0.15, -0.1) is 0 Å². The molecule has 0 aliphatic heterocycles. The van der Waals surface area contributed by atoms with Crippen LogP contribution in [-0.4, -0.2) is 39.0 Å². The molecule has 3 aromatic rings. The fraction of sp³-hybridized carbons (Fsp3) is 0.0556. The minimum atomic E-state index is -1.41. The Kier molecular flexibility index (Phi) is 4.21. The van der Waals surface area contributed by atoms with Crippen LogP contribution in [0.2, 0.25) is 0 Å². The number of hydrogen-bond donors (Lipinski definition) is 2. The van der Waals surface area contributed by atoms with Gasteiger partial charge in [-0.1, -0.05) is 36.4 Å². The van der Waals surface area contributed by atoms with Crippen LogP contribution in [-0.2, 0) is 0 Å². The van der Waals surface area contributed by atoms with Crippen LogP contribution in [0.1, 0.15) is 20.8 Å². The zero-order valence-electron chi connectivity index (χ0n) is 13.2. The first kappa shape index (κ1) is 16.3. The van der Waals surface area contributed by atoms with E-state index in [0.717, 1.165) is 0 Å². The van der Waals surface area contributed by atoms with Gasteiger partial charge in [-0.3, -0.25) is 0 Å². The molecule has 0 spiro atoms. The van der Waals surface area contributed by atoms with Crippen LogP contribution in [0.3, 0.4) is 0 Å². The molecule has 1 heterocycles. The summed E-state index contributed by atoms with van der Waals surface area (Å²) in [6.07, 6.45) is 0. The lowest BCUT2D eigenvalue weighted by molar-refractivity contribution is 0.0648. The van der Waals surface area contributed by atoms with Gasteiger partial charge in [-0.2, -0.15) is 5.10 Å². The largest absolute Gasteiger partial charge is 0.497 e. The van der Waals surface area contributed by atoms with Gasteiger partial charge in [0.15, 0.2) is 5.69 Å². The predicted molar refractivity (Wildman–Crippen MR) is 89.5 cm³/mol. The molecule has 0 amide bonds. The molecule has 0 saturated heterocycles. The number of carboxylic acids is 2. The Bertz CT molecular complexity index is 947. The van der Waals surface area contributed by atoms with E-state index in [-0.39, 0.29) is 11.3 Å². The smallest absolute Gasteiger partial charge is 0.357 e. The van der Waals surface area contributed by atoms with E-state index < -0.39 is 17.6 Å². The van der Waals surface area contributed by atoms with Gasteiger partial charge in [-0.25, -0.2) is 14.3 Å². The molecule has 2 aromatic carbocycles. The number of benzene rings is 2. The second-order valence-electron chi connectivity index (χ2n) is 5.16. The molecule has 7 nitrogen and oxygen atoms in total. The van der Waals surface area contributed by atoms with Gasteiger partial charge in [0.1, 0.15) is 11.3 Å². The first-order valence-electron chi connectivity index (χ1n) is 7.32. The third-order valence-corrected chi connectivity index (χ3v) is 3.65. The lowest BCUT2D eigenvalue weighted by atomic mass is 10.1. The number of aromatic nitrogens is 2. The van der Waals surface area contributed by atoms with Crippen molar-refractivity contribution in [3.63, 3.8) is 0 Å². The minimum Gasteiger partial charge on any atom is -0.497 e. The van der Waals surface area contributed by atoms with E-state index in [1.54, 1.807) is 54.6 Å². The molecule has 3 rings (SSSR count). The average Bonchev–Trinajstić information content (AvgIpc) is 3.03. The number of methoxy groups -OCH3 is 1. The Morgan fingerprint density at radius 3 is 2.32 bits per heavy atom. The van der Waals surface area contributed by atoms with Gasteiger partial charge in [0, 0.05) is 11.6 Å². The standard InChI is InChI=1S/C18H14N2O5/c1-25-13-9-5-8-12(10-13)20-16(11-6-3-2-4-7-11)14(17(21)22)15(19-20)18(23)24/h2-10H,1H3,(H,21,22)(H,23,24). The highest BCUT2D eigenvalue weighted by molar-refractivity contribution is 6.05. The molecule has 126 valence electrons. The van der Waals surface area contributed by atoms with E-state index in [1.165, 1.54) is 11.8 Å². The van der Waals surface area contributed by atoms with Crippen LogP contribution in [0.15, 0.2) is 54.6 Å². The molecule has 0 aliphatic rings. The lowest BCUT2D eigenvalue weighted by Gasteiger charge is -2.10. The van der Waals surface area contributed by atoms with E-state index in [1.807, 2.05) is 0 Å². The molecular weight excluding hydrogens is 324 g/mol. The second-order valence-corrected chi connectivity index (χ2v) is 5.16. The maximum atomic E-state index is 11.7. The van der Waals surface area contributed by atoms with Crippen molar-refractivity contribution < 1.29 is 24.5 Å². The van der Waals surface area contributed by atoms with E-state index in [4.69, 9.17) is 4.74 Å². The first-order valence-corrected chi connectivity index (χ1v) is 7.32. The number of nitrogens with zero attached hydrogens (tertiary/aromatic N) is 2. The highest BCUT2D eigenvalue weighted by Gasteiger charge is 2.29. The number of ether oxygens (including phenoxy) is 1. The van der Waals surface area contributed by atoms with Crippen molar-refractivity contribution in [1.29, 1.82) is 0 Å². The molecular formula is C18H14N2O5. The molecule has 25 heavy (non-hydrogen) atoms. The summed E-state index contributed by atoms with van der Waals surface area (Å²) in [6, 6.07) is 15.5. The molecule has 7 heteroatoms. The molecule has 0 fully saturated rings. The quantitative estimate of drug-likeness (QED) is 0.741. The van der Waals surface area contributed by atoms with E-state index in [9.17, 15) is 19.8 Å². The highest BCUT2D eigenvalue weighted by Crippen LogP contribution is 2.30. The topological polar surface area (TPSA) is 102 Å². The lowest BCUT2D eigenvalue weighted by Crippen LogP contribution is -2.07. The Balaban J connectivity index is 2.36. The van der Waals surface area contributed by atoms with Gasteiger partial charge in [0.05, 0.1) is 18.5 Å². The maximum absolute atomic E-state index is 11.7. The van der Waals surface area contributed by atoms with Crippen LogP contribution in [0.4, 0.5) is 0 Å². The Hall–Kier alpha value is -3.61. The average molecular weight is 338 g/mol. The molecule has 1 aromatic heterocycles. The van der Waals surface area contributed by atoms with Crippen LogP contribution in [0.5, 0.6) is 5.75 Å². The summed E-state index contributed by atoms with van der Waals surface area (Å²) < 4.78 is 6.49. The fourth-order valence-electron chi connectivity index (χ4n) is 2.56. The molecule has 0 radical (unpaired) electrons. The minimum absolute atomic E-state index is 0.193. The Labute approximate surface area is 142 Å². The number of rotatable bonds is 5. The van der Waals surface area contributed by atoms with Crippen molar-refractivity contribution in [3.8, 4) is 22.7 Å². The molecule has 0 aliphatic carbocycles. The normalized spacial score (nSPS) is 10.4. The molecule has 0 unspecified atom stereocenters. The van der Waals surface area contributed by atoms with Gasteiger partial charge in [-0.05, 0) is 12.1 Å². The van der Waals surface area contributed by atoms with Crippen molar-refractivity contribution in [1.82, 2.24) is 9.78 Å². The van der Waals surface area contributed by atoms with Crippen LogP contribution < -0.4 is 4.74 Å². The van der Waals surface area contributed by atoms with Crippen LogP contribution >= 0.6 is 0 Å². The highest BCUT2D eigenvalue weighted by atomic mass is 16.5. The zero-order valence-corrected chi connectivity index (χ0v) is 13.2. The summed E-state index contributed by atoms with van der Waals surface area (Å²) in [5.74, 6) is -2.22. The number of aromatic carboxylic acids is 2. The summed E-state index contributed by atoms with van der Waals surface area (Å²) >= 11 is 0. The van der Waals surface area contributed by atoms with Crippen molar-refractivity contribution in [2.75, 3.05) is 7.11 Å². The zero-order chi connectivity index (χ0) is 18.0. The monoisotopic (exact) mass is 338 g/mol. The van der Waals surface area contributed by atoms with Crippen LogP contribution in [0.25, 0.3) is 16.9 Å². The predicted octanol–water partition coefficient (Wildman–Crippen LogP) is 2.94. The molecule has 0 bridgehead atoms. The van der Waals surface area contributed by atoms with E-state index in [2.05, 4.69) is 5.10 Å². The van der Waals surface area contributed by atoms with Crippen molar-refractivity contribution in [2.45, 2.75) is 0 Å². The number of carbonyl (C=O) groups is 2. The third kappa shape index (κ3) is 2.94. The summed E-state index contributed by atoms with van der Waals surface area (Å²) in [6.45, 7) is 0. The van der Waals surface area contributed by atoms with Crippen molar-refractivity contribution in [2.24, 2.45) is 0 Å². The van der Waals surface area contributed by atoms with Crippen LogP contribution in [0, 0.1) is 0 Å². The number of carboxylic acid groups (broad SMARTS) is 2. The summed E-state index contributed by atoms with van der Waals surface area (Å²) in [7, 11) is 1.51. The second kappa shape index (κ2) is 6.48. The van der Waals surface area contributed by atoms with E-state index >= 15 is 0 Å². The molecule has 0 saturated carbocycles. The first-order chi connectivity index (χ1) is 12.0. The van der Waals surface area contributed by atoms with Crippen molar-refractivity contribution in [3.05, 3.63) is 65.9 Å². The van der Waals surface area contributed by atoms with Gasteiger partial charge in [0.25, 0.3) is 0 Å². The summed E-state index contributed by atoms with van der Waals surface area (Å²) in [4.78, 5) is 23.3. The third-order valence-electron chi connectivity index (χ3n) is 3.65. The van der Waals surface area contributed by atoms with Crippen molar-refractivity contribution >= 4 is 11.9 Å². The Morgan fingerprint density at radius 1 is 1.00 bits per heavy atom. The van der Waals surface area contributed by atoms with Gasteiger partial charge >= 0.3 is 11.9 Å². The summed E-state index contributed by atoms with van der Waals surface area (Å²) in [5.41, 5.74) is 0.352.